The molecule has 1 aliphatic heterocycles. The summed E-state index contributed by atoms with van der Waals surface area (Å²) in [5, 5.41) is 10.6. The molecule has 1 atom stereocenters. The molecule has 1 fully saturated rings. The summed E-state index contributed by atoms with van der Waals surface area (Å²) in [6.45, 7) is 1.86. The van der Waals surface area contributed by atoms with E-state index in [0.717, 1.165) is 32.2 Å². The predicted octanol–water partition coefficient (Wildman–Crippen LogP) is 1.92. The van der Waals surface area contributed by atoms with E-state index in [4.69, 9.17) is 0 Å². The highest BCUT2D eigenvalue weighted by molar-refractivity contribution is 5.76. The Morgan fingerprint density at radius 3 is 2.73 bits per heavy atom. The molecule has 4 nitrogen and oxygen atoms in total. The zero-order valence-corrected chi connectivity index (χ0v) is 13.8. The number of hydrogen-bond acceptors (Lipinski definition) is 3. The molecule has 0 spiro atoms. The molecular weight excluding hydrogens is 276 g/mol. The first kappa shape index (κ1) is 17.0. The molecule has 0 aliphatic carbocycles. The van der Waals surface area contributed by atoms with Gasteiger partial charge in [0.25, 0.3) is 0 Å². The average molecular weight is 304 g/mol. The lowest BCUT2D eigenvalue weighted by Gasteiger charge is -2.40. The highest BCUT2D eigenvalue weighted by atomic mass is 16.3. The second-order valence-electron chi connectivity index (χ2n) is 6.72. The van der Waals surface area contributed by atoms with Crippen molar-refractivity contribution in [1.29, 1.82) is 0 Å². The first-order chi connectivity index (χ1) is 10.5. The van der Waals surface area contributed by atoms with Gasteiger partial charge in [-0.05, 0) is 45.3 Å². The molecule has 22 heavy (non-hydrogen) atoms. The molecule has 1 heterocycles. The van der Waals surface area contributed by atoms with Gasteiger partial charge in [0.15, 0.2) is 0 Å². The summed E-state index contributed by atoms with van der Waals surface area (Å²) in [5.41, 5.74) is 0.523. The van der Waals surface area contributed by atoms with Crippen molar-refractivity contribution in [1.82, 2.24) is 9.80 Å². The van der Waals surface area contributed by atoms with Crippen LogP contribution < -0.4 is 0 Å². The van der Waals surface area contributed by atoms with Gasteiger partial charge in [-0.3, -0.25) is 4.79 Å². The summed E-state index contributed by atoms with van der Waals surface area (Å²) < 4.78 is 0. The van der Waals surface area contributed by atoms with E-state index in [1.165, 1.54) is 5.56 Å². The van der Waals surface area contributed by atoms with E-state index in [1.807, 2.05) is 42.1 Å². The zero-order valence-electron chi connectivity index (χ0n) is 13.8. The topological polar surface area (TPSA) is 43.8 Å². The Morgan fingerprint density at radius 1 is 1.32 bits per heavy atom. The van der Waals surface area contributed by atoms with Gasteiger partial charge in [0.05, 0.1) is 12.1 Å². The normalized spacial score (nSPS) is 22.1. The second-order valence-corrected chi connectivity index (χ2v) is 6.72. The Bertz CT molecular complexity index is 475. The predicted molar refractivity (Wildman–Crippen MR) is 88.7 cm³/mol. The summed E-state index contributed by atoms with van der Waals surface area (Å²) in [5.74, 6) is 0.174. The fourth-order valence-electron chi connectivity index (χ4n) is 3.29. The highest BCUT2D eigenvalue weighted by Crippen LogP contribution is 2.22. The molecule has 0 bridgehead atoms. The maximum Gasteiger partial charge on any atom is 0.222 e. The van der Waals surface area contributed by atoms with Crippen LogP contribution in [-0.4, -0.2) is 60.1 Å². The molecule has 0 saturated carbocycles. The Morgan fingerprint density at radius 2 is 2.05 bits per heavy atom. The molecule has 0 aromatic heterocycles. The van der Waals surface area contributed by atoms with Crippen molar-refractivity contribution < 1.29 is 9.90 Å². The van der Waals surface area contributed by atoms with Crippen LogP contribution >= 0.6 is 0 Å². The number of nitrogens with zero attached hydrogens (tertiary/aromatic N) is 2. The molecule has 1 aromatic rings. The first-order valence-electron chi connectivity index (χ1n) is 8.17. The van der Waals surface area contributed by atoms with Crippen LogP contribution in [0, 0.1) is 0 Å². The van der Waals surface area contributed by atoms with E-state index < -0.39 is 5.60 Å². The first-order valence-corrected chi connectivity index (χ1v) is 8.17. The van der Waals surface area contributed by atoms with E-state index in [1.54, 1.807) is 0 Å². The van der Waals surface area contributed by atoms with Crippen LogP contribution in [0.2, 0.25) is 0 Å². The largest absolute Gasteiger partial charge is 0.387 e. The van der Waals surface area contributed by atoms with Gasteiger partial charge < -0.3 is 14.9 Å². The molecule has 1 aliphatic rings. The van der Waals surface area contributed by atoms with Crippen LogP contribution in [0.5, 0.6) is 0 Å². The number of aliphatic hydroxyl groups is 1. The summed E-state index contributed by atoms with van der Waals surface area (Å²) >= 11 is 0. The van der Waals surface area contributed by atoms with E-state index in [2.05, 4.69) is 12.1 Å². The molecular formula is C18H28N2O2. The number of aryl methyl sites for hydroxylation is 1. The number of carbonyl (C=O) groups is 1. The van der Waals surface area contributed by atoms with Crippen LogP contribution in [0.4, 0.5) is 0 Å². The Hall–Kier alpha value is -1.39. The van der Waals surface area contributed by atoms with Crippen LogP contribution in [0.25, 0.3) is 0 Å². The molecule has 1 unspecified atom stereocenters. The van der Waals surface area contributed by atoms with Crippen molar-refractivity contribution in [3.8, 4) is 0 Å². The average Bonchev–Trinajstić information content (AvgIpc) is 2.47. The van der Waals surface area contributed by atoms with Crippen molar-refractivity contribution >= 4 is 5.91 Å². The lowest BCUT2D eigenvalue weighted by molar-refractivity contribution is -0.139. The number of likely N-dealkylation sites (N-methyl/N-ethyl adjacent to an activating group) is 1. The standard InChI is InChI=1S/C18H28N2O2/c1-19(2)14-18(22)12-7-13-20(15-18)17(21)11-6-10-16-8-4-3-5-9-16/h3-5,8-9,22H,6-7,10-15H2,1-2H3. The van der Waals surface area contributed by atoms with Crippen molar-refractivity contribution in [2.75, 3.05) is 33.7 Å². The van der Waals surface area contributed by atoms with Gasteiger partial charge in [-0.2, -0.15) is 0 Å². The number of likely N-dealkylation sites (tertiary alicyclic amines) is 1. The molecule has 4 heteroatoms. The molecule has 2 rings (SSSR count). The summed E-state index contributed by atoms with van der Waals surface area (Å²) in [6.07, 6.45) is 4.02. The van der Waals surface area contributed by atoms with Crippen LogP contribution in [-0.2, 0) is 11.2 Å². The molecule has 1 amide bonds. The zero-order chi connectivity index (χ0) is 16.0. The SMILES string of the molecule is CN(C)CC1(O)CCCN(C(=O)CCCc2ccccc2)C1. The van der Waals surface area contributed by atoms with E-state index in [9.17, 15) is 9.90 Å². The Labute approximate surface area is 133 Å². The highest BCUT2D eigenvalue weighted by Gasteiger charge is 2.35. The molecule has 1 N–H and O–H groups in total. The lowest BCUT2D eigenvalue weighted by Crippen LogP contribution is -2.54. The van der Waals surface area contributed by atoms with E-state index in [0.29, 0.717) is 19.5 Å². The van der Waals surface area contributed by atoms with Gasteiger partial charge in [0, 0.05) is 19.5 Å². The Kier molecular flexibility index (Phi) is 5.98. The number of β-amino-alcohol motifs (C(OH)–C–C–N with tert-alkyl or cyclic N) is 1. The minimum Gasteiger partial charge on any atom is -0.387 e. The van der Waals surface area contributed by atoms with Crippen molar-refractivity contribution in [3.05, 3.63) is 35.9 Å². The van der Waals surface area contributed by atoms with Gasteiger partial charge in [-0.1, -0.05) is 30.3 Å². The monoisotopic (exact) mass is 304 g/mol. The number of amides is 1. The van der Waals surface area contributed by atoms with Gasteiger partial charge >= 0.3 is 0 Å². The molecule has 0 radical (unpaired) electrons. The third-order valence-corrected chi connectivity index (χ3v) is 4.22. The van der Waals surface area contributed by atoms with E-state index >= 15 is 0 Å². The van der Waals surface area contributed by atoms with E-state index in [-0.39, 0.29) is 5.91 Å². The van der Waals surface area contributed by atoms with Crippen molar-refractivity contribution in [2.24, 2.45) is 0 Å². The third kappa shape index (κ3) is 5.11. The second kappa shape index (κ2) is 7.75. The summed E-state index contributed by atoms with van der Waals surface area (Å²) in [6, 6.07) is 10.3. The number of piperidine rings is 1. The van der Waals surface area contributed by atoms with Gasteiger partial charge in [-0.25, -0.2) is 0 Å². The van der Waals surface area contributed by atoms with Gasteiger partial charge in [-0.15, -0.1) is 0 Å². The molecule has 1 saturated heterocycles. The number of hydrogen-bond donors (Lipinski definition) is 1. The maximum atomic E-state index is 12.4. The van der Waals surface area contributed by atoms with Crippen molar-refractivity contribution in [3.63, 3.8) is 0 Å². The van der Waals surface area contributed by atoms with Crippen LogP contribution in [0.1, 0.15) is 31.2 Å². The van der Waals surface area contributed by atoms with Gasteiger partial charge in [0.2, 0.25) is 5.91 Å². The van der Waals surface area contributed by atoms with Gasteiger partial charge in [0.1, 0.15) is 0 Å². The quantitative estimate of drug-likeness (QED) is 0.873. The summed E-state index contributed by atoms with van der Waals surface area (Å²) in [4.78, 5) is 16.2. The van der Waals surface area contributed by atoms with Crippen molar-refractivity contribution in [2.45, 2.75) is 37.7 Å². The fourth-order valence-corrected chi connectivity index (χ4v) is 3.29. The van der Waals surface area contributed by atoms with Crippen LogP contribution in [0.15, 0.2) is 30.3 Å². The lowest BCUT2D eigenvalue weighted by atomic mass is 9.92. The number of rotatable bonds is 6. The third-order valence-electron chi connectivity index (χ3n) is 4.22. The minimum absolute atomic E-state index is 0.174. The Balaban J connectivity index is 1.79. The number of carbonyl (C=O) groups excluding carboxylic acids is 1. The smallest absolute Gasteiger partial charge is 0.222 e. The molecule has 1 aromatic carbocycles. The number of benzene rings is 1. The minimum atomic E-state index is -0.753. The fraction of sp³-hybridized carbons (Fsp3) is 0.611. The summed E-state index contributed by atoms with van der Waals surface area (Å²) in [7, 11) is 3.91. The maximum absolute atomic E-state index is 12.4. The van der Waals surface area contributed by atoms with Crippen LogP contribution in [0.3, 0.4) is 0 Å². The molecule has 122 valence electrons.